The third-order valence-corrected chi connectivity index (χ3v) is 5.54. The van der Waals surface area contributed by atoms with Gasteiger partial charge in [0.25, 0.3) is 5.82 Å². The van der Waals surface area contributed by atoms with Crippen LogP contribution in [0.2, 0.25) is 0 Å². The van der Waals surface area contributed by atoms with Gasteiger partial charge < -0.3 is 15.1 Å². The number of alkyl halides is 3. The second-order valence-corrected chi connectivity index (χ2v) is 8.00. The summed E-state index contributed by atoms with van der Waals surface area (Å²) in [4.78, 5) is 28.1. The summed E-state index contributed by atoms with van der Waals surface area (Å²) < 4.78 is 53.2. The number of rotatable bonds is 5. The summed E-state index contributed by atoms with van der Waals surface area (Å²) in [6, 6.07) is 8.42. The fourth-order valence-corrected chi connectivity index (χ4v) is 3.85. The number of amides is 2. The molecule has 1 aromatic carbocycles. The van der Waals surface area contributed by atoms with E-state index in [2.05, 4.69) is 20.6 Å². The summed E-state index contributed by atoms with van der Waals surface area (Å²) in [7, 11) is 1.51. The SMILES string of the molecule is CN(CC(=O)Nc1cccc(F)c1)C(=O)C1CCN(c2ccc3nnc(C(F)(F)F)n3n2)CC1. The van der Waals surface area contributed by atoms with Crippen LogP contribution in [0.15, 0.2) is 36.4 Å². The number of carbonyl (C=O) groups is 2. The van der Waals surface area contributed by atoms with Crippen molar-refractivity contribution in [2.45, 2.75) is 19.0 Å². The van der Waals surface area contributed by atoms with Crippen molar-refractivity contribution in [2.75, 3.05) is 36.9 Å². The molecule has 0 spiro atoms. The maximum Gasteiger partial charge on any atom is 0.453 e. The lowest BCUT2D eigenvalue weighted by Gasteiger charge is -2.33. The topological polar surface area (TPSA) is 95.7 Å². The molecule has 4 rings (SSSR count). The van der Waals surface area contributed by atoms with Gasteiger partial charge in [0.1, 0.15) is 11.6 Å². The molecule has 1 aliphatic heterocycles. The van der Waals surface area contributed by atoms with Crippen molar-refractivity contribution in [1.29, 1.82) is 0 Å². The summed E-state index contributed by atoms with van der Waals surface area (Å²) in [6.07, 6.45) is -3.79. The van der Waals surface area contributed by atoms with Crippen molar-refractivity contribution in [3.8, 4) is 0 Å². The van der Waals surface area contributed by atoms with Gasteiger partial charge in [-0.05, 0) is 43.2 Å². The van der Waals surface area contributed by atoms with Crippen LogP contribution in [-0.4, -0.2) is 63.2 Å². The fourth-order valence-electron chi connectivity index (χ4n) is 3.85. The maximum absolute atomic E-state index is 13.3. The van der Waals surface area contributed by atoms with Crippen LogP contribution in [0.1, 0.15) is 18.7 Å². The van der Waals surface area contributed by atoms with Crippen LogP contribution in [0.25, 0.3) is 5.65 Å². The molecule has 1 saturated heterocycles. The third kappa shape index (κ3) is 5.07. The number of piperidine rings is 1. The number of nitrogens with zero attached hydrogens (tertiary/aromatic N) is 6. The van der Waals surface area contributed by atoms with Crippen LogP contribution >= 0.6 is 0 Å². The Morgan fingerprint density at radius 2 is 1.88 bits per heavy atom. The van der Waals surface area contributed by atoms with E-state index in [4.69, 9.17) is 0 Å². The van der Waals surface area contributed by atoms with E-state index < -0.39 is 23.7 Å². The molecule has 0 saturated carbocycles. The van der Waals surface area contributed by atoms with Crippen molar-refractivity contribution in [3.63, 3.8) is 0 Å². The Morgan fingerprint density at radius 1 is 1.15 bits per heavy atom. The van der Waals surface area contributed by atoms with Gasteiger partial charge in [0.2, 0.25) is 11.8 Å². The van der Waals surface area contributed by atoms with Gasteiger partial charge in [0.15, 0.2) is 5.65 Å². The first kappa shape index (κ1) is 23.4. The van der Waals surface area contributed by atoms with E-state index in [1.807, 2.05) is 0 Å². The summed E-state index contributed by atoms with van der Waals surface area (Å²) >= 11 is 0. The van der Waals surface area contributed by atoms with E-state index in [0.717, 1.165) is 0 Å². The Bertz CT molecular complexity index is 1210. The molecular formula is C21H21F4N7O2. The molecule has 1 N–H and O–H groups in total. The summed E-state index contributed by atoms with van der Waals surface area (Å²) in [5, 5.41) is 13.2. The second kappa shape index (κ2) is 9.23. The van der Waals surface area contributed by atoms with Gasteiger partial charge in [0, 0.05) is 31.7 Å². The van der Waals surface area contributed by atoms with Gasteiger partial charge in [-0.1, -0.05) is 6.07 Å². The number of nitrogens with one attached hydrogen (secondary N) is 1. The number of aromatic nitrogens is 4. The molecule has 2 aromatic heterocycles. The Morgan fingerprint density at radius 3 is 2.56 bits per heavy atom. The van der Waals surface area contributed by atoms with Gasteiger partial charge in [-0.3, -0.25) is 9.59 Å². The molecule has 0 radical (unpaired) electrons. The molecule has 0 unspecified atom stereocenters. The summed E-state index contributed by atoms with van der Waals surface area (Å²) in [6.45, 7) is 0.616. The van der Waals surface area contributed by atoms with E-state index in [9.17, 15) is 27.2 Å². The Hall–Kier alpha value is -3.77. The van der Waals surface area contributed by atoms with Crippen LogP contribution in [0.5, 0.6) is 0 Å². The minimum Gasteiger partial charge on any atom is -0.355 e. The first-order valence-corrected chi connectivity index (χ1v) is 10.5. The molecule has 3 heterocycles. The lowest BCUT2D eigenvalue weighted by atomic mass is 9.95. The number of benzene rings is 1. The highest BCUT2D eigenvalue weighted by molar-refractivity contribution is 5.94. The number of anilines is 2. The minimum atomic E-state index is -4.68. The Balaban J connectivity index is 1.34. The van der Waals surface area contributed by atoms with E-state index in [0.29, 0.717) is 42.0 Å². The molecule has 0 atom stereocenters. The highest BCUT2D eigenvalue weighted by atomic mass is 19.4. The highest BCUT2D eigenvalue weighted by Gasteiger charge is 2.38. The van der Waals surface area contributed by atoms with E-state index >= 15 is 0 Å². The molecule has 34 heavy (non-hydrogen) atoms. The monoisotopic (exact) mass is 479 g/mol. The second-order valence-electron chi connectivity index (χ2n) is 8.00. The van der Waals surface area contributed by atoms with Crippen LogP contribution in [0, 0.1) is 11.7 Å². The van der Waals surface area contributed by atoms with E-state index in [-0.39, 0.29) is 24.0 Å². The first-order valence-electron chi connectivity index (χ1n) is 10.5. The largest absolute Gasteiger partial charge is 0.453 e. The van der Waals surface area contributed by atoms with Crippen molar-refractivity contribution in [2.24, 2.45) is 5.92 Å². The van der Waals surface area contributed by atoms with Crippen molar-refractivity contribution < 1.29 is 27.2 Å². The number of halogens is 4. The number of hydrogen-bond donors (Lipinski definition) is 1. The summed E-state index contributed by atoms with van der Waals surface area (Å²) in [5.41, 5.74) is 0.282. The lowest BCUT2D eigenvalue weighted by Crippen LogP contribution is -2.43. The van der Waals surface area contributed by atoms with Crippen molar-refractivity contribution in [3.05, 3.63) is 48.0 Å². The predicted octanol–water partition coefficient (Wildman–Crippen LogP) is 2.60. The number of hydrogen-bond acceptors (Lipinski definition) is 6. The molecule has 0 aliphatic carbocycles. The average molecular weight is 479 g/mol. The predicted molar refractivity (Wildman–Crippen MR) is 113 cm³/mol. The molecule has 1 aliphatic rings. The number of carbonyl (C=O) groups excluding carboxylic acids is 2. The molecule has 2 amide bonds. The van der Waals surface area contributed by atoms with Crippen LogP contribution in [0.4, 0.5) is 29.1 Å². The number of fused-ring (bicyclic) bond motifs is 1. The normalized spacial score (nSPS) is 14.9. The quantitative estimate of drug-likeness (QED) is 0.566. The lowest BCUT2D eigenvalue weighted by molar-refractivity contribution is -0.146. The zero-order valence-electron chi connectivity index (χ0n) is 18.1. The molecule has 180 valence electrons. The molecule has 3 aromatic rings. The highest BCUT2D eigenvalue weighted by Crippen LogP contribution is 2.29. The van der Waals surface area contributed by atoms with E-state index in [1.54, 1.807) is 17.0 Å². The molecular weight excluding hydrogens is 458 g/mol. The van der Waals surface area contributed by atoms with E-state index in [1.165, 1.54) is 36.2 Å². The maximum atomic E-state index is 13.3. The minimum absolute atomic E-state index is 0.0146. The van der Waals surface area contributed by atoms with Gasteiger partial charge in [-0.2, -0.15) is 17.7 Å². The Kier molecular flexibility index (Phi) is 6.35. The zero-order chi connectivity index (χ0) is 24.5. The van der Waals surface area contributed by atoms with Gasteiger partial charge in [-0.15, -0.1) is 15.3 Å². The molecule has 9 nitrogen and oxygen atoms in total. The first-order chi connectivity index (χ1) is 16.1. The number of likely N-dealkylation sites (N-methyl/N-ethyl adjacent to an activating group) is 1. The third-order valence-electron chi connectivity index (χ3n) is 5.54. The zero-order valence-corrected chi connectivity index (χ0v) is 18.1. The average Bonchev–Trinajstić information content (AvgIpc) is 3.22. The molecule has 13 heteroatoms. The van der Waals surface area contributed by atoms with Crippen LogP contribution < -0.4 is 10.2 Å². The van der Waals surface area contributed by atoms with Gasteiger partial charge in [0.05, 0.1) is 6.54 Å². The summed E-state index contributed by atoms with van der Waals surface area (Å²) in [5.74, 6) is -2.37. The smallest absolute Gasteiger partial charge is 0.355 e. The van der Waals surface area contributed by atoms with Gasteiger partial charge >= 0.3 is 6.18 Å². The fraction of sp³-hybridized carbons (Fsp3) is 0.381. The molecule has 1 fully saturated rings. The van der Waals surface area contributed by atoms with Crippen LogP contribution in [0.3, 0.4) is 0 Å². The molecule has 0 bridgehead atoms. The Labute approximate surface area is 191 Å². The van der Waals surface area contributed by atoms with Crippen molar-refractivity contribution in [1.82, 2.24) is 24.7 Å². The standard InChI is InChI=1S/C21H21F4N7O2/c1-30(12-18(33)26-15-4-2-3-14(22)11-15)19(34)13-7-9-31(10-8-13)17-6-5-16-27-28-20(21(23,24)25)32(16)29-17/h2-6,11,13H,7-10,12H2,1H3,(H,26,33). The van der Waals surface area contributed by atoms with Crippen molar-refractivity contribution >= 4 is 29.0 Å². The van der Waals surface area contributed by atoms with Gasteiger partial charge in [-0.25, -0.2) is 4.39 Å². The van der Waals surface area contributed by atoms with Crippen LogP contribution in [-0.2, 0) is 15.8 Å².